The lowest BCUT2D eigenvalue weighted by atomic mass is 10.4. The zero-order valence-corrected chi connectivity index (χ0v) is 11.4. The largest absolute Gasteiger partial charge is 0.302 e. The van der Waals surface area contributed by atoms with Gasteiger partial charge in [-0.15, -0.1) is 0 Å². The molecule has 3 heteroatoms. The summed E-state index contributed by atoms with van der Waals surface area (Å²) in [4.78, 5) is 0. The van der Waals surface area contributed by atoms with Gasteiger partial charge in [-0.1, -0.05) is 44.2 Å². The van der Waals surface area contributed by atoms with Gasteiger partial charge >= 0.3 is 0 Å². The first-order chi connectivity index (χ1) is 7.62. The third-order valence-corrected chi connectivity index (χ3v) is 5.47. The Bertz CT molecular complexity index is 344. The predicted octanol–water partition coefficient (Wildman–Crippen LogP) is 3.34. The van der Waals surface area contributed by atoms with Crippen molar-refractivity contribution in [2.45, 2.75) is 26.7 Å². The summed E-state index contributed by atoms with van der Waals surface area (Å²) in [5.41, 5.74) is 0. The Morgan fingerprint density at radius 2 is 1.56 bits per heavy atom. The average molecular weight is 239 g/mol. The van der Waals surface area contributed by atoms with Crippen LogP contribution in [0, 0.1) is 0 Å². The van der Waals surface area contributed by atoms with E-state index in [-0.39, 0.29) is 0 Å². The lowest BCUT2D eigenvalue weighted by Gasteiger charge is -2.28. The van der Waals surface area contributed by atoms with Crippen molar-refractivity contribution in [2.24, 2.45) is 0 Å². The van der Waals surface area contributed by atoms with E-state index in [0.717, 1.165) is 31.2 Å². The standard InChI is InChI=1S/C13H22NOP/c1-4-11-14(12-5-2)16(3,15)13-9-7-6-8-10-13/h6-10H,4-5,11-12H2,1-3H3. The van der Waals surface area contributed by atoms with Gasteiger partial charge in [-0.05, 0) is 12.8 Å². The molecule has 0 aromatic heterocycles. The second-order valence-corrected chi connectivity index (χ2v) is 7.01. The van der Waals surface area contributed by atoms with Crippen molar-refractivity contribution in [3.8, 4) is 0 Å². The van der Waals surface area contributed by atoms with Gasteiger partial charge in [0.25, 0.3) is 0 Å². The van der Waals surface area contributed by atoms with Crippen LogP contribution < -0.4 is 5.30 Å². The molecule has 0 aliphatic carbocycles. The zero-order valence-electron chi connectivity index (χ0n) is 10.5. The molecule has 0 spiro atoms. The highest BCUT2D eigenvalue weighted by atomic mass is 31.2. The Balaban J connectivity index is 2.93. The zero-order chi connectivity index (χ0) is 12.0. The molecule has 0 heterocycles. The highest BCUT2D eigenvalue weighted by Crippen LogP contribution is 2.44. The molecular weight excluding hydrogens is 217 g/mol. The molecule has 1 atom stereocenters. The highest BCUT2D eigenvalue weighted by Gasteiger charge is 2.25. The van der Waals surface area contributed by atoms with Gasteiger partial charge in [0.2, 0.25) is 0 Å². The first-order valence-electron chi connectivity index (χ1n) is 6.01. The van der Waals surface area contributed by atoms with Crippen LogP contribution in [0.4, 0.5) is 0 Å². The molecule has 0 aliphatic heterocycles. The van der Waals surface area contributed by atoms with E-state index < -0.39 is 7.29 Å². The molecule has 90 valence electrons. The summed E-state index contributed by atoms with van der Waals surface area (Å²) in [5, 5.41) is 0.969. The average Bonchev–Trinajstić information content (AvgIpc) is 2.30. The number of benzene rings is 1. The quantitative estimate of drug-likeness (QED) is 0.710. The minimum absolute atomic E-state index is 0.913. The molecule has 1 rings (SSSR count). The third-order valence-electron chi connectivity index (χ3n) is 2.74. The monoisotopic (exact) mass is 239 g/mol. The van der Waals surface area contributed by atoms with Crippen LogP contribution in [0.2, 0.25) is 0 Å². The van der Waals surface area contributed by atoms with Gasteiger partial charge in [0, 0.05) is 25.1 Å². The topological polar surface area (TPSA) is 20.3 Å². The van der Waals surface area contributed by atoms with E-state index in [9.17, 15) is 4.57 Å². The fourth-order valence-corrected chi connectivity index (χ4v) is 4.09. The summed E-state index contributed by atoms with van der Waals surface area (Å²) in [6.07, 6.45) is 2.09. The normalized spacial score (nSPS) is 15.0. The molecule has 1 aromatic rings. The molecule has 0 amide bonds. The van der Waals surface area contributed by atoms with Crippen LogP contribution >= 0.6 is 7.29 Å². The van der Waals surface area contributed by atoms with E-state index in [2.05, 4.69) is 18.5 Å². The Labute approximate surface area is 99.1 Å². The molecule has 0 fully saturated rings. The van der Waals surface area contributed by atoms with Crippen molar-refractivity contribution < 1.29 is 4.57 Å². The fraction of sp³-hybridized carbons (Fsp3) is 0.538. The van der Waals surface area contributed by atoms with Crippen LogP contribution in [0.15, 0.2) is 30.3 Å². The Hall–Kier alpha value is -0.590. The number of hydrogen-bond donors (Lipinski definition) is 0. The molecule has 0 saturated carbocycles. The lowest BCUT2D eigenvalue weighted by Crippen LogP contribution is -2.27. The van der Waals surface area contributed by atoms with Crippen LogP contribution in [0.3, 0.4) is 0 Å². The molecule has 0 N–H and O–H groups in total. The maximum Gasteiger partial charge on any atom is 0.175 e. The minimum Gasteiger partial charge on any atom is -0.302 e. The van der Waals surface area contributed by atoms with E-state index >= 15 is 0 Å². The second-order valence-electron chi connectivity index (χ2n) is 4.17. The van der Waals surface area contributed by atoms with Gasteiger partial charge in [-0.25, -0.2) is 4.67 Å². The van der Waals surface area contributed by atoms with Crippen molar-refractivity contribution in [2.75, 3.05) is 19.8 Å². The van der Waals surface area contributed by atoms with Crippen LogP contribution in [-0.2, 0) is 4.57 Å². The summed E-state index contributed by atoms with van der Waals surface area (Å²) < 4.78 is 15.0. The van der Waals surface area contributed by atoms with Gasteiger partial charge in [-0.2, -0.15) is 0 Å². The SMILES string of the molecule is CCCN(CCC)P(C)(=O)c1ccccc1. The van der Waals surface area contributed by atoms with Gasteiger partial charge in [0.05, 0.1) is 0 Å². The van der Waals surface area contributed by atoms with Crippen molar-refractivity contribution in [1.82, 2.24) is 4.67 Å². The summed E-state index contributed by atoms with van der Waals surface area (Å²) in [5.74, 6) is 0. The maximum absolute atomic E-state index is 12.8. The molecular formula is C13H22NOP. The predicted molar refractivity (Wildman–Crippen MR) is 71.8 cm³/mol. The highest BCUT2D eigenvalue weighted by molar-refractivity contribution is 7.68. The summed E-state index contributed by atoms with van der Waals surface area (Å²) in [7, 11) is -2.35. The third kappa shape index (κ3) is 3.20. The summed E-state index contributed by atoms with van der Waals surface area (Å²) in [6, 6.07) is 9.83. The van der Waals surface area contributed by atoms with Gasteiger partial charge in [0.15, 0.2) is 7.29 Å². The van der Waals surface area contributed by atoms with E-state index in [1.807, 2.05) is 37.0 Å². The lowest BCUT2D eigenvalue weighted by molar-refractivity contribution is 0.417. The molecule has 0 aliphatic rings. The van der Waals surface area contributed by atoms with Crippen molar-refractivity contribution >= 4 is 12.6 Å². The number of rotatable bonds is 6. The second kappa shape index (κ2) is 6.22. The van der Waals surface area contributed by atoms with Crippen LogP contribution in [0.1, 0.15) is 26.7 Å². The summed E-state index contributed by atoms with van der Waals surface area (Å²) in [6.45, 7) is 7.97. The van der Waals surface area contributed by atoms with E-state index in [4.69, 9.17) is 0 Å². The smallest absolute Gasteiger partial charge is 0.175 e. The molecule has 0 bridgehead atoms. The van der Waals surface area contributed by atoms with Gasteiger partial charge in [-0.3, -0.25) is 0 Å². The van der Waals surface area contributed by atoms with Crippen molar-refractivity contribution in [3.63, 3.8) is 0 Å². The molecule has 0 saturated heterocycles. The summed E-state index contributed by atoms with van der Waals surface area (Å²) >= 11 is 0. The number of hydrogen-bond acceptors (Lipinski definition) is 1. The van der Waals surface area contributed by atoms with E-state index in [0.29, 0.717) is 0 Å². The van der Waals surface area contributed by atoms with Crippen molar-refractivity contribution in [3.05, 3.63) is 30.3 Å². The fourth-order valence-electron chi connectivity index (χ4n) is 1.88. The first-order valence-corrected chi connectivity index (χ1v) is 8.12. The van der Waals surface area contributed by atoms with Crippen molar-refractivity contribution in [1.29, 1.82) is 0 Å². The molecule has 1 aromatic carbocycles. The molecule has 16 heavy (non-hydrogen) atoms. The Morgan fingerprint density at radius 1 is 1.06 bits per heavy atom. The van der Waals surface area contributed by atoms with Crippen LogP contribution in [-0.4, -0.2) is 24.4 Å². The van der Waals surface area contributed by atoms with E-state index in [1.165, 1.54) is 0 Å². The number of nitrogens with zero attached hydrogens (tertiary/aromatic N) is 1. The Kier molecular flexibility index (Phi) is 5.24. The minimum atomic E-state index is -2.35. The van der Waals surface area contributed by atoms with Gasteiger partial charge < -0.3 is 4.57 Å². The van der Waals surface area contributed by atoms with Crippen LogP contribution in [0.25, 0.3) is 0 Å². The molecule has 2 nitrogen and oxygen atoms in total. The van der Waals surface area contributed by atoms with Gasteiger partial charge in [0.1, 0.15) is 0 Å². The molecule has 1 unspecified atom stereocenters. The first kappa shape index (κ1) is 13.5. The molecule has 0 radical (unpaired) electrons. The van der Waals surface area contributed by atoms with E-state index in [1.54, 1.807) is 0 Å². The van der Waals surface area contributed by atoms with Crippen LogP contribution in [0.5, 0.6) is 0 Å². The maximum atomic E-state index is 12.8. The Morgan fingerprint density at radius 3 is 2.00 bits per heavy atom.